The van der Waals surface area contributed by atoms with E-state index in [1.54, 1.807) is 12.5 Å². The van der Waals surface area contributed by atoms with Crippen LogP contribution in [0.4, 0.5) is 0 Å². The second kappa shape index (κ2) is 3.62. The van der Waals surface area contributed by atoms with Gasteiger partial charge in [0.2, 0.25) is 5.79 Å². The molecule has 0 radical (unpaired) electrons. The second-order valence-electron chi connectivity index (χ2n) is 2.89. The van der Waals surface area contributed by atoms with Crippen molar-refractivity contribution in [2.24, 2.45) is 5.73 Å². The fourth-order valence-electron chi connectivity index (χ4n) is 1.08. The molecule has 0 atom stereocenters. The van der Waals surface area contributed by atoms with Crippen molar-refractivity contribution in [3.8, 4) is 0 Å². The molecule has 0 spiro atoms. The van der Waals surface area contributed by atoms with Gasteiger partial charge in [0.15, 0.2) is 0 Å². The number of hydrogen-bond acceptors (Lipinski definition) is 3. The van der Waals surface area contributed by atoms with E-state index in [1.807, 2.05) is 6.92 Å². The average molecular weight is 157 g/mol. The molecule has 0 aromatic heterocycles. The van der Waals surface area contributed by atoms with Crippen LogP contribution in [0.2, 0.25) is 0 Å². The highest BCUT2D eigenvalue weighted by molar-refractivity contribution is 4.79. The summed E-state index contributed by atoms with van der Waals surface area (Å²) < 4.78 is 10.5. The molecule has 64 valence electrons. The monoisotopic (exact) mass is 157 g/mol. The summed E-state index contributed by atoms with van der Waals surface area (Å²) >= 11 is 0. The van der Waals surface area contributed by atoms with Gasteiger partial charge in [-0.2, -0.15) is 0 Å². The molecule has 1 heterocycles. The molecule has 1 aliphatic rings. The first-order chi connectivity index (χ1) is 5.27. The Morgan fingerprint density at radius 2 is 1.91 bits per heavy atom. The SMILES string of the molecule is CC1(CCCCN)OC=CO1. The van der Waals surface area contributed by atoms with Gasteiger partial charge in [0.25, 0.3) is 0 Å². The van der Waals surface area contributed by atoms with E-state index in [0.717, 1.165) is 25.8 Å². The van der Waals surface area contributed by atoms with Gasteiger partial charge in [0, 0.05) is 13.3 Å². The van der Waals surface area contributed by atoms with Crippen LogP contribution in [-0.2, 0) is 9.47 Å². The first kappa shape index (κ1) is 8.40. The van der Waals surface area contributed by atoms with Crippen molar-refractivity contribution in [3.05, 3.63) is 12.5 Å². The second-order valence-corrected chi connectivity index (χ2v) is 2.89. The maximum Gasteiger partial charge on any atom is 0.247 e. The predicted molar refractivity (Wildman–Crippen MR) is 42.6 cm³/mol. The van der Waals surface area contributed by atoms with Crippen LogP contribution in [0.5, 0.6) is 0 Å². The van der Waals surface area contributed by atoms with E-state index < -0.39 is 5.79 Å². The molecule has 3 nitrogen and oxygen atoms in total. The smallest absolute Gasteiger partial charge is 0.247 e. The molecule has 0 aromatic rings. The van der Waals surface area contributed by atoms with Crippen LogP contribution in [0.1, 0.15) is 26.2 Å². The van der Waals surface area contributed by atoms with Crippen molar-refractivity contribution in [2.45, 2.75) is 32.0 Å². The summed E-state index contributed by atoms with van der Waals surface area (Å²) in [6.07, 6.45) is 6.15. The van der Waals surface area contributed by atoms with Crippen LogP contribution in [0.25, 0.3) is 0 Å². The molecule has 11 heavy (non-hydrogen) atoms. The summed E-state index contributed by atoms with van der Waals surface area (Å²) in [6, 6.07) is 0. The molecule has 0 aromatic carbocycles. The third kappa shape index (κ3) is 2.42. The van der Waals surface area contributed by atoms with Gasteiger partial charge in [0.1, 0.15) is 12.5 Å². The molecule has 0 fully saturated rings. The van der Waals surface area contributed by atoms with Crippen LogP contribution in [0, 0.1) is 0 Å². The Bertz CT molecular complexity index is 137. The zero-order valence-electron chi connectivity index (χ0n) is 6.88. The van der Waals surface area contributed by atoms with Crippen molar-refractivity contribution < 1.29 is 9.47 Å². The summed E-state index contributed by atoms with van der Waals surface area (Å²) in [7, 11) is 0. The number of hydrogen-bond donors (Lipinski definition) is 1. The van der Waals surface area contributed by atoms with E-state index in [2.05, 4.69) is 0 Å². The lowest BCUT2D eigenvalue weighted by molar-refractivity contribution is -0.131. The Kier molecular flexibility index (Phi) is 2.76. The van der Waals surface area contributed by atoms with Crippen LogP contribution >= 0.6 is 0 Å². The molecule has 1 rings (SSSR count). The minimum Gasteiger partial charge on any atom is -0.457 e. The lowest BCUT2D eigenvalue weighted by Gasteiger charge is -2.22. The molecular weight excluding hydrogens is 142 g/mol. The van der Waals surface area contributed by atoms with Crippen molar-refractivity contribution in [3.63, 3.8) is 0 Å². The van der Waals surface area contributed by atoms with E-state index in [4.69, 9.17) is 15.2 Å². The number of ether oxygens (including phenoxy) is 2. The van der Waals surface area contributed by atoms with Gasteiger partial charge < -0.3 is 15.2 Å². The Balaban J connectivity index is 2.14. The van der Waals surface area contributed by atoms with Crippen molar-refractivity contribution in [2.75, 3.05) is 6.54 Å². The first-order valence-electron chi connectivity index (χ1n) is 3.97. The van der Waals surface area contributed by atoms with Crippen LogP contribution in [-0.4, -0.2) is 12.3 Å². The molecule has 1 aliphatic heterocycles. The highest BCUT2D eigenvalue weighted by Gasteiger charge is 2.27. The van der Waals surface area contributed by atoms with Gasteiger partial charge in [0.05, 0.1) is 0 Å². The summed E-state index contributed by atoms with van der Waals surface area (Å²) in [5, 5.41) is 0. The van der Waals surface area contributed by atoms with Crippen molar-refractivity contribution >= 4 is 0 Å². The quantitative estimate of drug-likeness (QED) is 0.626. The number of nitrogens with two attached hydrogens (primary N) is 1. The highest BCUT2D eigenvalue weighted by Crippen LogP contribution is 2.25. The van der Waals surface area contributed by atoms with Crippen molar-refractivity contribution in [1.82, 2.24) is 0 Å². The third-order valence-electron chi connectivity index (χ3n) is 1.78. The summed E-state index contributed by atoms with van der Waals surface area (Å²) in [4.78, 5) is 0. The molecule has 0 amide bonds. The third-order valence-corrected chi connectivity index (χ3v) is 1.78. The largest absolute Gasteiger partial charge is 0.457 e. The molecule has 0 aliphatic carbocycles. The van der Waals surface area contributed by atoms with Gasteiger partial charge >= 0.3 is 0 Å². The van der Waals surface area contributed by atoms with Gasteiger partial charge in [-0.05, 0) is 19.4 Å². The predicted octanol–water partition coefficient (Wildman–Crippen LogP) is 1.35. The van der Waals surface area contributed by atoms with Gasteiger partial charge in [-0.25, -0.2) is 0 Å². The van der Waals surface area contributed by atoms with Gasteiger partial charge in [-0.1, -0.05) is 0 Å². The fourth-order valence-corrected chi connectivity index (χ4v) is 1.08. The highest BCUT2D eigenvalue weighted by atomic mass is 16.7. The Labute approximate surface area is 67.2 Å². The standard InChI is InChI=1S/C8H15NO2/c1-8(4-2-3-5-9)10-6-7-11-8/h6-7H,2-5,9H2,1H3. The lowest BCUT2D eigenvalue weighted by atomic mass is 10.1. The normalized spacial score (nSPS) is 19.5. The molecular formula is C8H15NO2. The van der Waals surface area contributed by atoms with E-state index in [-0.39, 0.29) is 0 Å². The molecule has 2 N–H and O–H groups in total. The Morgan fingerprint density at radius 1 is 1.27 bits per heavy atom. The summed E-state index contributed by atoms with van der Waals surface area (Å²) in [6.45, 7) is 2.67. The maximum atomic E-state index is 5.36. The van der Waals surface area contributed by atoms with Gasteiger partial charge in [-0.15, -0.1) is 0 Å². The molecule has 0 saturated heterocycles. The zero-order chi connectivity index (χ0) is 8.16. The average Bonchev–Trinajstić information content (AvgIpc) is 2.38. The van der Waals surface area contributed by atoms with Crippen LogP contribution in [0.3, 0.4) is 0 Å². The first-order valence-corrected chi connectivity index (χ1v) is 3.97. The van der Waals surface area contributed by atoms with Crippen LogP contribution < -0.4 is 5.73 Å². The lowest BCUT2D eigenvalue weighted by Crippen LogP contribution is -2.25. The van der Waals surface area contributed by atoms with E-state index in [0.29, 0.717) is 0 Å². The van der Waals surface area contributed by atoms with E-state index >= 15 is 0 Å². The van der Waals surface area contributed by atoms with Crippen LogP contribution in [0.15, 0.2) is 12.5 Å². The van der Waals surface area contributed by atoms with Gasteiger partial charge in [-0.3, -0.25) is 0 Å². The number of unbranched alkanes of at least 4 members (excludes halogenated alkanes) is 1. The Hall–Kier alpha value is -0.700. The number of rotatable bonds is 4. The summed E-state index contributed by atoms with van der Waals surface area (Å²) in [5.74, 6) is -0.421. The van der Waals surface area contributed by atoms with E-state index in [1.165, 1.54) is 0 Å². The molecule has 3 heteroatoms. The molecule has 0 bridgehead atoms. The maximum absolute atomic E-state index is 5.36. The minimum absolute atomic E-state index is 0.421. The molecule has 0 unspecified atom stereocenters. The minimum atomic E-state index is -0.421. The zero-order valence-corrected chi connectivity index (χ0v) is 6.88. The van der Waals surface area contributed by atoms with Crippen molar-refractivity contribution in [1.29, 1.82) is 0 Å². The Morgan fingerprint density at radius 3 is 2.45 bits per heavy atom. The molecule has 0 saturated carbocycles. The fraction of sp³-hybridized carbons (Fsp3) is 0.750. The van der Waals surface area contributed by atoms with E-state index in [9.17, 15) is 0 Å². The summed E-state index contributed by atoms with van der Waals surface area (Å²) in [5.41, 5.74) is 5.36. The topological polar surface area (TPSA) is 44.5 Å².